The van der Waals surface area contributed by atoms with Gasteiger partial charge >= 0.3 is 0 Å². The molecule has 2 atom stereocenters. The maximum absolute atomic E-state index is 12.7. The van der Waals surface area contributed by atoms with E-state index in [2.05, 4.69) is 17.0 Å². The molecule has 2 unspecified atom stereocenters. The van der Waals surface area contributed by atoms with Gasteiger partial charge in [-0.1, -0.05) is 6.92 Å². The van der Waals surface area contributed by atoms with Crippen molar-refractivity contribution < 1.29 is 4.79 Å². The lowest BCUT2D eigenvalue weighted by Gasteiger charge is -2.37. The van der Waals surface area contributed by atoms with E-state index in [-0.39, 0.29) is 24.4 Å². The van der Waals surface area contributed by atoms with E-state index < -0.39 is 0 Å². The summed E-state index contributed by atoms with van der Waals surface area (Å²) in [7, 11) is 1.86. The van der Waals surface area contributed by atoms with Crippen LogP contribution in [0.5, 0.6) is 0 Å². The van der Waals surface area contributed by atoms with Gasteiger partial charge in [0.1, 0.15) is 10.7 Å². The molecule has 0 spiro atoms. The van der Waals surface area contributed by atoms with Gasteiger partial charge in [-0.25, -0.2) is 4.98 Å². The van der Waals surface area contributed by atoms with Gasteiger partial charge in [-0.05, 0) is 18.8 Å². The summed E-state index contributed by atoms with van der Waals surface area (Å²) in [5.74, 6) is 0.618. The van der Waals surface area contributed by atoms with Crippen LogP contribution < -0.4 is 5.73 Å². The molecule has 8 heteroatoms. The van der Waals surface area contributed by atoms with Crippen molar-refractivity contribution in [1.82, 2.24) is 19.7 Å². The normalized spacial score (nSPS) is 21.1. The molecule has 3 rings (SSSR count). The van der Waals surface area contributed by atoms with Gasteiger partial charge in [0.2, 0.25) is 0 Å². The molecule has 0 bridgehead atoms. The summed E-state index contributed by atoms with van der Waals surface area (Å²) in [4.78, 5) is 19.1. The molecular weight excluding hydrogens is 334 g/mol. The Hall–Kier alpha value is -1.44. The van der Waals surface area contributed by atoms with Crippen molar-refractivity contribution in [1.29, 1.82) is 0 Å². The topological polar surface area (TPSA) is 77.0 Å². The Morgan fingerprint density at radius 2 is 2.30 bits per heavy atom. The highest BCUT2D eigenvalue weighted by Gasteiger charge is 2.30. The minimum absolute atomic E-state index is 0. The maximum Gasteiger partial charge on any atom is 0.273 e. The van der Waals surface area contributed by atoms with Crippen molar-refractivity contribution in [2.45, 2.75) is 25.8 Å². The van der Waals surface area contributed by atoms with E-state index in [1.54, 1.807) is 10.9 Å². The smallest absolute Gasteiger partial charge is 0.273 e. The maximum atomic E-state index is 12.7. The number of amides is 1. The number of carbonyl (C=O) groups excluding carboxylic acids is 1. The van der Waals surface area contributed by atoms with Gasteiger partial charge < -0.3 is 10.6 Å². The molecule has 1 saturated heterocycles. The largest absolute Gasteiger partial charge is 0.333 e. The Morgan fingerprint density at radius 3 is 2.96 bits per heavy atom. The van der Waals surface area contributed by atoms with E-state index in [0.717, 1.165) is 30.0 Å². The van der Waals surface area contributed by atoms with Crippen molar-refractivity contribution in [3.05, 3.63) is 23.5 Å². The lowest BCUT2D eigenvalue weighted by molar-refractivity contribution is 0.0568. The Bertz CT molecular complexity index is 670. The van der Waals surface area contributed by atoms with Crippen molar-refractivity contribution in [3.8, 4) is 10.6 Å². The number of hydrogen-bond acceptors (Lipinski definition) is 5. The number of rotatable bonds is 3. The van der Waals surface area contributed by atoms with Gasteiger partial charge in [0.25, 0.3) is 5.91 Å². The number of hydrogen-bond donors (Lipinski definition) is 1. The minimum atomic E-state index is -0.00580. The first-order chi connectivity index (χ1) is 10.6. The molecule has 126 valence electrons. The summed E-state index contributed by atoms with van der Waals surface area (Å²) in [5.41, 5.74) is 7.30. The predicted octanol–water partition coefficient (Wildman–Crippen LogP) is 2.16. The number of thiazole rings is 1. The highest BCUT2D eigenvalue weighted by Crippen LogP contribution is 2.27. The number of likely N-dealkylation sites (tertiary alicyclic amines) is 1. The monoisotopic (exact) mass is 355 g/mol. The zero-order chi connectivity index (χ0) is 15.7. The first-order valence-electron chi connectivity index (χ1n) is 7.54. The highest BCUT2D eigenvalue weighted by molar-refractivity contribution is 7.13. The van der Waals surface area contributed by atoms with Gasteiger partial charge in [0, 0.05) is 43.3 Å². The van der Waals surface area contributed by atoms with Gasteiger partial charge in [0.05, 0.1) is 6.20 Å². The molecule has 1 amide bonds. The summed E-state index contributed by atoms with van der Waals surface area (Å²) in [6, 6.07) is 0.125. The van der Waals surface area contributed by atoms with Crippen LogP contribution in [0, 0.1) is 5.92 Å². The Kier molecular flexibility index (Phi) is 5.78. The molecule has 0 aliphatic carbocycles. The number of carbonyl (C=O) groups is 1. The zero-order valence-corrected chi connectivity index (χ0v) is 14.9. The van der Waals surface area contributed by atoms with Gasteiger partial charge in [0.15, 0.2) is 0 Å². The van der Waals surface area contributed by atoms with Crippen molar-refractivity contribution in [2.75, 3.05) is 13.1 Å². The van der Waals surface area contributed by atoms with E-state index in [4.69, 9.17) is 5.73 Å². The summed E-state index contributed by atoms with van der Waals surface area (Å²) in [5, 5.41) is 6.80. The summed E-state index contributed by atoms with van der Waals surface area (Å²) in [6.07, 6.45) is 5.67. The number of halogens is 1. The van der Waals surface area contributed by atoms with Crippen LogP contribution in [-0.4, -0.2) is 44.7 Å². The molecule has 2 N–H and O–H groups in total. The van der Waals surface area contributed by atoms with Crippen molar-refractivity contribution in [2.24, 2.45) is 18.7 Å². The number of aryl methyl sites for hydroxylation is 1. The quantitative estimate of drug-likeness (QED) is 0.915. The van der Waals surface area contributed by atoms with Crippen LogP contribution in [0.2, 0.25) is 0 Å². The third kappa shape index (κ3) is 3.73. The standard InChI is InChI=1S/C15H21N5OS.ClH/c1-10-3-4-20(12(5-10)6-16)15(21)13-9-22-14(18-13)11-7-17-19(2)8-11;/h7-10,12H,3-6,16H2,1-2H3;1H. The molecule has 3 heterocycles. The van der Waals surface area contributed by atoms with Crippen LogP contribution in [0.15, 0.2) is 17.8 Å². The van der Waals surface area contributed by atoms with E-state index in [1.165, 1.54) is 11.3 Å². The average molecular weight is 356 g/mol. The first kappa shape index (κ1) is 17.9. The Labute approximate surface area is 146 Å². The Morgan fingerprint density at radius 1 is 1.52 bits per heavy atom. The summed E-state index contributed by atoms with van der Waals surface area (Å²) < 4.78 is 1.73. The molecule has 23 heavy (non-hydrogen) atoms. The van der Waals surface area contributed by atoms with E-state index >= 15 is 0 Å². The van der Waals surface area contributed by atoms with Crippen LogP contribution >= 0.6 is 23.7 Å². The molecule has 1 fully saturated rings. The molecule has 2 aromatic heterocycles. The van der Waals surface area contributed by atoms with E-state index in [9.17, 15) is 4.79 Å². The summed E-state index contributed by atoms with van der Waals surface area (Å²) in [6.45, 7) is 3.49. The fraction of sp³-hybridized carbons (Fsp3) is 0.533. The Balaban J connectivity index is 0.00000192. The second-order valence-electron chi connectivity index (χ2n) is 5.96. The number of aromatic nitrogens is 3. The van der Waals surface area contributed by atoms with Gasteiger partial charge in [-0.2, -0.15) is 5.10 Å². The van der Waals surface area contributed by atoms with Crippen LogP contribution in [-0.2, 0) is 7.05 Å². The fourth-order valence-corrected chi connectivity index (χ4v) is 3.70. The zero-order valence-electron chi connectivity index (χ0n) is 13.3. The molecule has 2 aromatic rings. The van der Waals surface area contributed by atoms with Crippen LogP contribution in [0.3, 0.4) is 0 Å². The second-order valence-corrected chi connectivity index (χ2v) is 6.82. The number of nitrogens with two attached hydrogens (primary N) is 1. The molecular formula is C15H22ClN5OS. The molecule has 6 nitrogen and oxygen atoms in total. The fourth-order valence-electron chi connectivity index (χ4n) is 2.93. The summed E-state index contributed by atoms with van der Waals surface area (Å²) >= 11 is 1.47. The van der Waals surface area contributed by atoms with Crippen LogP contribution in [0.4, 0.5) is 0 Å². The molecule has 1 aliphatic heterocycles. The SMILES string of the molecule is CC1CCN(C(=O)c2csc(-c3cnn(C)c3)n2)C(CN)C1.Cl. The highest BCUT2D eigenvalue weighted by atomic mass is 35.5. The lowest BCUT2D eigenvalue weighted by atomic mass is 9.92. The average Bonchev–Trinajstić information content (AvgIpc) is 3.15. The third-order valence-corrected chi connectivity index (χ3v) is 5.08. The predicted molar refractivity (Wildman–Crippen MR) is 93.8 cm³/mol. The second kappa shape index (κ2) is 7.42. The van der Waals surface area contributed by atoms with Crippen LogP contribution in [0.1, 0.15) is 30.3 Å². The molecule has 0 saturated carbocycles. The van der Waals surface area contributed by atoms with Crippen LogP contribution in [0.25, 0.3) is 10.6 Å². The third-order valence-electron chi connectivity index (χ3n) is 4.19. The molecule has 1 aliphatic rings. The van der Waals surface area contributed by atoms with E-state index in [0.29, 0.717) is 18.2 Å². The number of piperidine rings is 1. The molecule has 0 radical (unpaired) electrons. The van der Waals surface area contributed by atoms with Crippen molar-refractivity contribution >= 4 is 29.7 Å². The van der Waals surface area contributed by atoms with Gasteiger partial charge in [-0.3, -0.25) is 9.48 Å². The van der Waals surface area contributed by atoms with Gasteiger partial charge in [-0.15, -0.1) is 23.7 Å². The van der Waals surface area contributed by atoms with E-state index in [1.807, 2.05) is 23.5 Å². The first-order valence-corrected chi connectivity index (χ1v) is 8.42. The molecule has 0 aromatic carbocycles. The minimum Gasteiger partial charge on any atom is -0.333 e. The number of nitrogens with zero attached hydrogens (tertiary/aromatic N) is 4. The van der Waals surface area contributed by atoms with Crippen molar-refractivity contribution in [3.63, 3.8) is 0 Å². The lowest BCUT2D eigenvalue weighted by Crippen LogP contribution is -2.49.